The van der Waals surface area contributed by atoms with Crippen LogP contribution in [0.5, 0.6) is 0 Å². The van der Waals surface area contributed by atoms with Crippen molar-refractivity contribution < 1.29 is 14.5 Å². The number of urea groups is 1. The van der Waals surface area contributed by atoms with Gasteiger partial charge < -0.3 is 15.5 Å². The second-order valence-electron chi connectivity index (χ2n) is 4.36. The lowest BCUT2D eigenvalue weighted by atomic mass is 10.3. The molecule has 2 rings (SSSR count). The summed E-state index contributed by atoms with van der Waals surface area (Å²) in [6, 6.07) is 5.22. The van der Waals surface area contributed by atoms with E-state index in [1.54, 1.807) is 6.07 Å². The Labute approximate surface area is 114 Å². The second kappa shape index (κ2) is 6.00. The summed E-state index contributed by atoms with van der Waals surface area (Å²) in [4.78, 5) is 34.9. The predicted molar refractivity (Wildman–Crippen MR) is 71.3 cm³/mol. The van der Waals surface area contributed by atoms with Gasteiger partial charge in [-0.1, -0.05) is 6.07 Å². The van der Waals surface area contributed by atoms with E-state index in [1.165, 1.54) is 23.1 Å². The van der Waals surface area contributed by atoms with Gasteiger partial charge in [0.2, 0.25) is 5.91 Å². The lowest BCUT2D eigenvalue weighted by Crippen LogP contribution is -2.39. The quantitative estimate of drug-likeness (QED) is 0.620. The fourth-order valence-corrected chi connectivity index (χ4v) is 1.88. The Bertz CT molecular complexity index is 546. The number of carbonyl (C=O) groups is 2. The lowest BCUT2D eigenvalue weighted by Gasteiger charge is -2.19. The molecule has 1 aromatic rings. The van der Waals surface area contributed by atoms with Gasteiger partial charge in [-0.3, -0.25) is 14.9 Å². The van der Waals surface area contributed by atoms with Crippen LogP contribution in [0.3, 0.4) is 0 Å². The molecule has 0 aromatic heterocycles. The maximum absolute atomic E-state index is 12.0. The van der Waals surface area contributed by atoms with Gasteiger partial charge in [-0.05, 0) is 12.5 Å². The van der Waals surface area contributed by atoms with Gasteiger partial charge in [0.15, 0.2) is 0 Å². The number of nitrogens with one attached hydrogen (secondary N) is 2. The zero-order valence-electron chi connectivity index (χ0n) is 10.7. The molecule has 1 aliphatic heterocycles. The second-order valence-corrected chi connectivity index (χ2v) is 4.36. The number of nitro groups is 1. The number of non-ortho nitro benzene ring substituents is 1. The van der Waals surface area contributed by atoms with E-state index < -0.39 is 11.0 Å². The third-order valence-corrected chi connectivity index (χ3v) is 2.86. The monoisotopic (exact) mass is 278 g/mol. The number of carbonyl (C=O) groups excluding carboxylic acids is 2. The van der Waals surface area contributed by atoms with Gasteiger partial charge in [0, 0.05) is 30.9 Å². The molecule has 1 heterocycles. The van der Waals surface area contributed by atoms with Crippen LogP contribution in [-0.4, -0.2) is 41.4 Å². The summed E-state index contributed by atoms with van der Waals surface area (Å²) in [6.07, 6.45) is 0.675. The van der Waals surface area contributed by atoms with Crippen molar-refractivity contribution in [1.29, 1.82) is 0 Å². The van der Waals surface area contributed by atoms with Crippen molar-refractivity contribution in [2.24, 2.45) is 0 Å². The average Bonchev–Trinajstić information content (AvgIpc) is 2.63. The fourth-order valence-electron chi connectivity index (χ4n) is 1.88. The van der Waals surface area contributed by atoms with Crippen LogP contribution >= 0.6 is 0 Å². The number of benzene rings is 1. The third kappa shape index (κ3) is 3.44. The van der Waals surface area contributed by atoms with Crippen LogP contribution in [0, 0.1) is 10.1 Å². The Morgan fingerprint density at radius 1 is 1.45 bits per heavy atom. The molecule has 106 valence electrons. The van der Waals surface area contributed by atoms with E-state index >= 15 is 0 Å². The van der Waals surface area contributed by atoms with Crippen molar-refractivity contribution in [2.45, 2.75) is 6.42 Å². The Morgan fingerprint density at radius 3 is 3.00 bits per heavy atom. The first-order valence-electron chi connectivity index (χ1n) is 6.13. The molecule has 0 radical (unpaired) electrons. The molecular formula is C12H14N4O4. The molecule has 2 N–H and O–H groups in total. The standard InChI is InChI=1S/C12H14N4O4/c17-11-8-15(6-2-5-13-11)12(18)14-9-3-1-4-10(7-9)16(19)20/h1,3-4,7H,2,5-6,8H2,(H,13,17)(H,14,18). The Balaban J connectivity index is 2.05. The minimum Gasteiger partial charge on any atom is -0.354 e. The van der Waals surface area contributed by atoms with Gasteiger partial charge in [-0.25, -0.2) is 4.79 Å². The van der Waals surface area contributed by atoms with Gasteiger partial charge in [-0.15, -0.1) is 0 Å². The van der Waals surface area contributed by atoms with Gasteiger partial charge in [-0.2, -0.15) is 0 Å². The minimum atomic E-state index is -0.533. The molecule has 8 nitrogen and oxygen atoms in total. The summed E-state index contributed by atoms with van der Waals surface area (Å²) in [5, 5.41) is 15.9. The van der Waals surface area contributed by atoms with Crippen LogP contribution < -0.4 is 10.6 Å². The van der Waals surface area contributed by atoms with Crippen molar-refractivity contribution in [1.82, 2.24) is 10.2 Å². The first-order valence-corrected chi connectivity index (χ1v) is 6.13. The number of hydrogen-bond donors (Lipinski definition) is 2. The first kappa shape index (κ1) is 13.8. The Morgan fingerprint density at radius 2 is 2.25 bits per heavy atom. The van der Waals surface area contributed by atoms with Crippen molar-refractivity contribution in [3.8, 4) is 0 Å². The van der Waals surface area contributed by atoms with Gasteiger partial charge in [0.25, 0.3) is 5.69 Å². The number of rotatable bonds is 2. The predicted octanol–water partition coefficient (Wildman–Crippen LogP) is 0.949. The maximum Gasteiger partial charge on any atom is 0.322 e. The van der Waals surface area contributed by atoms with Crippen molar-refractivity contribution in [3.63, 3.8) is 0 Å². The highest BCUT2D eigenvalue weighted by Gasteiger charge is 2.20. The summed E-state index contributed by atoms with van der Waals surface area (Å²) in [5.41, 5.74) is 0.227. The van der Waals surface area contributed by atoms with Crippen LogP contribution in [0.25, 0.3) is 0 Å². The highest BCUT2D eigenvalue weighted by atomic mass is 16.6. The van der Waals surface area contributed by atoms with Crippen LogP contribution in [-0.2, 0) is 4.79 Å². The molecule has 1 saturated heterocycles. The van der Waals surface area contributed by atoms with E-state index in [0.29, 0.717) is 25.2 Å². The topological polar surface area (TPSA) is 105 Å². The molecule has 1 fully saturated rings. The summed E-state index contributed by atoms with van der Waals surface area (Å²) in [7, 11) is 0. The normalized spacial score (nSPS) is 15.2. The molecule has 0 aliphatic carbocycles. The number of anilines is 1. The summed E-state index contributed by atoms with van der Waals surface area (Å²) >= 11 is 0. The molecule has 0 unspecified atom stereocenters. The number of amides is 3. The van der Waals surface area contributed by atoms with E-state index in [4.69, 9.17) is 0 Å². The zero-order valence-corrected chi connectivity index (χ0v) is 10.7. The van der Waals surface area contributed by atoms with Crippen molar-refractivity contribution in [2.75, 3.05) is 25.0 Å². The van der Waals surface area contributed by atoms with E-state index in [9.17, 15) is 19.7 Å². The molecule has 0 atom stereocenters. The molecule has 0 saturated carbocycles. The Kier molecular flexibility index (Phi) is 4.14. The highest BCUT2D eigenvalue weighted by Crippen LogP contribution is 2.17. The number of nitrogens with zero attached hydrogens (tertiary/aromatic N) is 2. The smallest absolute Gasteiger partial charge is 0.322 e. The van der Waals surface area contributed by atoms with Crippen molar-refractivity contribution in [3.05, 3.63) is 34.4 Å². The highest BCUT2D eigenvalue weighted by molar-refractivity contribution is 5.92. The van der Waals surface area contributed by atoms with E-state index in [-0.39, 0.29) is 18.1 Å². The number of hydrogen-bond acceptors (Lipinski definition) is 4. The van der Waals surface area contributed by atoms with Crippen LogP contribution in [0.2, 0.25) is 0 Å². The SMILES string of the molecule is O=C1CN(C(=O)Nc2cccc([N+](=O)[O-])c2)CCCN1. The minimum absolute atomic E-state index is 0.0131. The summed E-state index contributed by atoms with van der Waals surface area (Å²) < 4.78 is 0. The molecule has 1 aromatic carbocycles. The molecular weight excluding hydrogens is 264 g/mol. The summed E-state index contributed by atoms with van der Waals surface area (Å²) in [5.74, 6) is -0.211. The van der Waals surface area contributed by atoms with Crippen LogP contribution in [0.4, 0.5) is 16.2 Å². The third-order valence-electron chi connectivity index (χ3n) is 2.86. The summed E-state index contributed by atoms with van der Waals surface area (Å²) in [6.45, 7) is 0.986. The average molecular weight is 278 g/mol. The fraction of sp³-hybridized carbons (Fsp3) is 0.333. The number of nitro benzene ring substituents is 1. The molecule has 0 spiro atoms. The van der Waals surface area contributed by atoms with E-state index in [0.717, 1.165) is 0 Å². The van der Waals surface area contributed by atoms with Crippen LogP contribution in [0.15, 0.2) is 24.3 Å². The van der Waals surface area contributed by atoms with Crippen molar-refractivity contribution >= 4 is 23.3 Å². The van der Waals surface area contributed by atoms with Gasteiger partial charge in [0.05, 0.1) is 4.92 Å². The van der Waals surface area contributed by atoms with E-state index in [2.05, 4.69) is 10.6 Å². The molecule has 1 aliphatic rings. The molecule has 20 heavy (non-hydrogen) atoms. The molecule has 0 bridgehead atoms. The zero-order chi connectivity index (χ0) is 14.5. The van der Waals surface area contributed by atoms with Crippen LogP contribution in [0.1, 0.15) is 6.42 Å². The van der Waals surface area contributed by atoms with Gasteiger partial charge >= 0.3 is 6.03 Å². The Hall–Kier alpha value is -2.64. The molecule has 8 heteroatoms. The van der Waals surface area contributed by atoms with Gasteiger partial charge in [0.1, 0.15) is 6.54 Å². The van der Waals surface area contributed by atoms with E-state index in [1.807, 2.05) is 0 Å². The maximum atomic E-state index is 12.0. The first-order chi connectivity index (χ1) is 9.56. The lowest BCUT2D eigenvalue weighted by molar-refractivity contribution is -0.384. The largest absolute Gasteiger partial charge is 0.354 e. The molecule has 3 amide bonds.